The highest BCUT2D eigenvalue weighted by atomic mass is 16.3. The molecule has 0 unspecified atom stereocenters. The van der Waals surface area contributed by atoms with Crippen molar-refractivity contribution in [2.75, 3.05) is 18.0 Å². The fourth-order valence-corrected chi connectivity index (χ4v) is 3.00. The molecule has 2 aromatic rings. The monoisotopic (exact) mass is 328 g/mol. The zero-order valence-electron chi connectivity index (χ0n) is 14.1. The van der Waals surface area contributed by atoms with Crippen LogP contribution in [0, 0.1) is 0 Å². The predicted molar refractivity (Wildman–Crippen MR) is 91.8 cm³/mol. The van der Waals surface area contributed by atoms with Crippen molar-refractivity contribution in [1.82, 2.24) is 15.3 Å². The summed E-state index contributed by atoms with van der Waals surface area (Å²) in [6.07, 6.45) is 7.20. The van der Waals surface area contributed by atoms with Crippen LogP contribution in [0.5, 0.6) is 0 Å². The van der Waals surface area contributed by atoms with Crippen LogP contribution in [-0.4, -0.2) is 35.0 Å². The second kappa shape index (κ2) is 7.95. The maximum atomic E-state index is 12.1. The van der Waals surface area contributed by atoms with E-state index in [0.717, 1.165) is 49.6 Å². The number of hydrogen-bond acceptors (Lipinski definition) is 5. The van der Waals surface area contributed by atoms with Gasteiger partial charge in [0.15, 0.2) is 0 Å². The summed E-state index contributed by atoms with van der Waals surface area (Å²) < 4.78 is 5.26. The number of hydrogen-bond donors (Lipinski definition) is 1. The van der Waals surface area contributed by atoms with Crippen LogP contribution >= 0.6 is 0 Å². The van der Waals surface area contributed by atoms with Crippen LogP contribution in [-0.2, 0) is 17.6 Å². The summed E-state index contributed by atoms with van der Waals surface area (Å²) in [5, 5.41) is 3.14. The summed E-state index contributed by atoms with van der Waals surface area (Å²) in [4.78, 5) is 22.9. The molecule has 1 saturated heterocycles. The molecule has 24 heavy (non-hydrogen) atoms. The van der Waals surface area contributed by atoms with Crippen molar-refractivity contribution in [2.45, 2.75) is 45.1 Å². The Balaban J connectivity index is 1.43. The highest BCUT2D eigenvalue weighted by Gasteiger charge is 2.21. The summed E-state index contributed by atoms with van der Waals surface area (Å²) in [7, 11) is 0. The average Bonchev–Trinajstić information content (AvgIpc) is 3.14. The molecule has 1 amide bonds. The summed E-state index contributed by atoms with van der Waals surface area (Å²) in [6, 6.07) is 6.05. The highest BCUT2D eigenvalue weighted by molar-refractivity contribution is 5.76. The van der Waals surface area contributed by atoms with E-state index < -0.39 is 0 Å². The summed E-state index contributed by atoms with van der Waals surface area (Å²) >= 11 is 0. The number of aryl methyl sites for hydroxylation is 2. The lowest BCUT2D eigenvalue weighted by Crippen LogP contribution is -2.45. The van der Waals surface area contributed by atoms with Gasteiger partial charge in [-0.3, -0.25) is 4.79 Å². The number of nitrogens with zero attached hydrogens (tertiary/aromatic N) is 3. The first kappa shape index (κ1) is 16.5. The van der Waals surface area contributed by atoms with Gasteiger partial charge in [-0.25, -0.2) is 9.97 Å². The number of carbonyl (C=O) groups excluding carboxylic acids is 1. The van der Waals surface area contributed by atoms with E-state index in [9.17, 15) is 4.79 Å². The van der Waals surface area contributed by atoms with Crippen LogP contribution < -0.4 is 10.2 Å². The van der Waals surface area contributed by atoms with E-state index in [4.69, 9.17) is 4.42 Å². The fourth-order valence-electron chi connectivity index (χ4n) is 3.00. The minimum atomic E-state index is 0.0974. The fraction of sp³-hybridized carbons (Fsp3) is 0.500. The number of aromatic nitrogens is 2. The third kappa shape index (κ3) is 4.34. The van der Waals surface area contributed by atoms with E-state index >= 15 is 0 Å². The Morgan fingerprint density at radius 3 is 2.92 bits per heavy atom. The van der Waals surface area contributed by atoms with Gasteiger partial charge < -0.3 is 14.6 Å². The van der Waals surface area contributed by atoms with Gasteiger partial charge in [0.2, 0.25) is 5.91 Å². The molecule has 1 aliphatic heterocycles. The van der Waals surface area contributed by atoms with Crippen molar-refractivity contribution in [3.63, 3.8) is 0 Å². The van der Waals surface area contributed by atoms with E-state index in [1.165, 1.54) is 0 Å². The van der Waals surface area contributed by atoms with Crippen molar-refractivity contribution < 1.29 is 9.21 Å². The molecule has 0 atom stereocenters. The Hall–Kier alpha value is -2.37. The van der Waals surface area contributed by atoms with Crippen molar-refractivity contribution in [3.05, 3.63) is 42.2 Å². The molecule has 0 aromatic carbocycles. The standard InChI is InChI=1S/C18H24N4O2/c1-2-14-12-17(20-13-19-14)22-9-7-15(8-10-22)21-18(23)6-5-16-4-3-11-24-16/h3-4,11-13,15H,2,5-10H2,1H3,(H,21,23). The molecule has 1 fully saturated rings. The van der Waals surface area contributed by atoms with Crippen LogP contribution in [0.1, 0.15) is 37.6 Å². The van der Waals surface area contributed by atoms with Crippen LogP contribution in [0.2, 0.25) is 0 Å². The lowest BCUT2D eigenvalue weighted by atomic mass is 10.0. The van der Waals surface area contributed by atoms with E-state index in [1.807, 2.05) is 12.1 Å². The summed E-state index contributed by atoms with van der Waals surface area (Å²) in [6.45, 7) is 3.91. The van der Waals surface area contributed by atoms with Crippen LogP contribution in [0.4, 0.5) is 5.82 Å². The van der Waals surface area contributed by atoms with Gasteiger partial charge in [0.05, 0.1) is 6.26 Å². The Bertz CT molecular complexity index is 649. The molecule has 2 aromatic heterocycles. The maximum absolute atomic E-state index is 12.1. The Kier molecular flexibility index (Phi) is 5.46. The highest BCUT2D eigenvalue weighted by Crippen LogP contribution is 2.18. The summed E-state index contributed by atoms with van der Waals surface area (Å²) in [5.74, 6) is 1.94. The van der Waals surface area contributed by atoms with Crippen molar-refractivity contribution in [3.8, 4) is 0 Å². The molecular weight excluding hydrogens is 304 g/mol. The van der Waals surface area contributed by atoms with Gasteiger partial charge in [0.25, 0.3) is 0 Å². The van der Waals surface area contributed by atoms with Crippen LogP contribution in [0.15, 0.2) is 35.2 Å². The molecular formula is C18H24N4O2. The molecule has 3 heterocycles. The molecule has 0 radical (unpaired) electrons. The SMILES string of the molecule is CCc1cc(N2CCC(NC(=O)CCc3ccco3)CC2)ncn1. The first-order chi connectivity index (χ1) is 11.7. The average molecular weight is 328 g/mol. The lowest BCUT2D eigenvalue weighted by molar-refractivity contribution is -0.121. The molecule has 1 aliphatic rings. The van der Waals surface area contributed by atoms with Crippen LogP contribution in [0.3, 0.4) is 0 Å². The molecule has 0 saturated carbocycles. The quantitative estimate of drug-likeness (QED) is 0.881. The van der Waals surface area contributed by atoms with Crippen molar-refractivity contribution >= 4 is 11.7 Å². The van der Waals surface area contributed by atoms with E-state index in [1.54, 1.807) is 12.6 Å². The lowest BCUT2D eigenvalue weighted by Gasteiger charge is -2.33. The number of anilines is 1. The number of rotatable bonds is 6. The van der Waals surface area contributed by atoms with E-state index in [0.29, 0.717) is 12.8 Å². The third-order valence-electron chi connectivity index (χ3n) is 4.43. The maximum Gasteiger partial charge on any atom is 0.220 e. The Labute approximate surface area is 142 Å². The van der Waals surface area contributed by atoms with E-state index in [-0.39, 0.29) is 11.9 Å². The van der Waals surface area contributed by atoms with Gasteiger partial charge in [-0.15, -0.1) is 0 Å². The zero-order valence-corrected chi connectivity index (χ0v) is 14.1. The smallest absolute Gasteiger partial charge is 0.220 e. The Morgan fingerprint density at radius 2 is 2.21 bits per heavy atom. The topological polar surface area (TPSA) is 71.3 Å². The van der Waals surface area contributed by atoms with Gasteiger partial charge in [0, 0.05) is 43.7 Å². The number of furan rings is 1. The zero-order chi connectivity index (χ0) is 16.8. The molecule has 0 bridgehead atoms. The van der Waals surface area contributed by atoms with E-state index in [2.05, 4.69) is 33.2 Å². The number of carbonyl (C=O) groups is 1. The molecule has 1 N–H and O–H groups in total. The molecule has 6 nitrogen and oxygen atoms in total. The minimum Gasteiger partial charge on any atom is -0.469 e. The number of nitrogens with one attached hydrogen (secondary N) is 1. The largest absolute Gasteiger partial charge is 0.469 e. The van der Waals surface area contributed by atoms with Crippen molar-refractivity contribution in [1.29, 1.82) is 0 Å². The van der Waals surface area contributed by atoms with Crippen molar-refractivity contribution in [2.24, 2.45) is 0 Å². The van der Waals surface area contributed by atoms with Gasteiger partial charge >= 0.3 is 0 Å². The number of amides is 1. The second-order valence-electron chi connectivity index (χ2n) is 6.13. The normalized spacial score (nSPS) is 15.5. The summed E-state index contributed by atoms with van der Waals surface area (Å²) in [5.41, 5.74) is 1.06. The van der Waals surface area contributed by atoms with Crippen LogP contribution in [0.25, 0.3) is 0 Å². The molecule has 3 rings (SSSR count). The molecule has 128 valence electrons. The number of piperidine rings is 1. The second-order valence-corrected chi connectivity index (χ2v) is 6.13. The predicted octanol–water partition coefficient (Wildman–Crippen LogP) is 2.35. The van der Waals surface area contributed by atoms with Gasteiger partial charge in [0.1, 0.15) is 17.9 Å². The third-order valence-corrected chi connectivity index (χ3v) is 4.43. The minimum absolute atomic E-state index is 0.0974. The van der Waals surface area contributed by atoms with Gasteiger partial charge in [-0.1, -0.05) is 6.92 Å². The molecule has 0 aliphatic carbocycles. The molecule has 0 spiro atoms. The molecule has 6 heteroatoms. The first-order valence-electron chi connectivity index (χ1n) is 8.62. The van der Waals surface area contributed by atoms with Gasteiger partial charge in [-0.2, -0.15) is 0 Å². The Morgan fingerprint density at radius 1 is 1.38 bits per heavy atom. The first-order valence-corrected chi connectivity index (χ1v) is 8.62. The van der Waals surface area contributed by atoms with Gasteiger partial charge in [-0.05, 0) is 31.4 Å².